The number of ether oxygens (including phenoxy) is 1. The SMILES string of the molecule is Cl.N=C(N)c1ccccc1Oc1ccc([N+](=O)[O-])cc1. The molecule has 0 bridgehead atoms. The van der Waals surface area contributed by atoms with E-state index in [-0.39, 0.29) is 23.9 Å². The predicted molar refractivity (Wildman–Crippen MR) is 77.9 cm³/mol. The number of nitrogens with zero attached hydrogens (tertiary/aromatic N) is 1. The summed E-state index contributed by atoms with van der Waals surface area (Å²) >= 11 is 0. The molecule has 2 rings (SSSR count). The van der Waals surface area contributed by atoms with E-state index in [0.717, 1.165) is 0 Å². The van der Waals surface area contributed by atoms with Gasteiger partial charge in [0.15, 0.2) is 0 Å². The lowest BCUT2D eigenvalue weighted by Crippen LogP contribution is -2.12. The van der Waals surface area contributed by atoms with E-state index in [1.807, 2.05) is 0 Å². The predicted octanol–water partition coefficient (Wildman–Crippen LogP) is 3.09. The fraction of sp³-hybridized carbons (Fsp3) is 0. The summed E-state index contributed by atoms with van der Waals surface area (Å²) in [5.41, 5.74) is 5.91. The molecule has 0 radical (unpaired) electrons. The van der Waals surface area contributed by atoms with Crippen LogP contribution in [0.4, 0.5) is 5.69 Å². The molecule has 0 heterocycles. The zero-order valence-corrected chi connectivity index (χ0v) is 11.1. The molecule has 3 N–H and O–H groups in total. The van der Waals surface area contributed by atoms with E-state index in [1.54, 1.807) is 24.3 Å². The fourth-order valence-electron chi connectivity index (χ4n) is 1.54. The summed E-state index contributed by atoms with van der Waals surface area (Å²) in [7, 11) is 0. The number of hydrogen-bond acceptors (Lipinski definition) is 4. The molecule has 0 aliphatic heterocycles. The van der Waals surface area contributed by atoms with Crippen molar-refractivity contribution in [2.24, 2.45) is 5.73 Å². The lowest BCUT2D eigenvalue weighted by Gasteiger charge is -2.09. The fourth-order valence-corrected chi connectivity index (χ4v) is 1.54. The van der Waals surface area contributed by atoms with Gasteiger partial charge in [-0.3, -0.25) is 15.5 Å². The van der Waals surface area contributed by atoms with E-state index in [4.69, 9.17) is 15.9 Å². The van der Waals surface area contributed by atoms with E-state index in [0.29, 0.717) is 17.1 Å². The van der Waals surface area contributed by atoms with Gasteiger partial charge >= 0.3 is 0 Å². The summed E-state index contributed by atoms with van der Waals surface area (Å²) < 4.78 is 5.56. The highest BCUT2D eigenvalue weighted by Gasteiger charge is 2.08. The normalized spacial score (nSPS) is 9.40. The van der Waals surface area contributed by atoms with Crippen molar-refractivity contribution in [3.8, 4) is 11.5 Å². The van der Waals surface area contributed by atoms with Gasteiger partial charge < -0.3 is 10.5 Å². The average molecular weight is 294 g/mol. The minimum atomic E-state index is -0.479. The summed E-state index contributed by atoms with van der Waals surface area (Å²) in [5, 5.41) is 18.0. The van der Waals surface area contributed by atoms with Crippen LogP contribution < -0.4 is 10.5 Å². The van der Waals surface area contributed by atoms with Crippen LogP contribution in [-0.4, -0.2) is 10.8 Å². The van der Waals surface area contributed by atoms with Crippen LogP contribution in [0.5, 0.6) is 11.5 Å². The molecule has 2 aromatic rings. The molecule has 2 aromatic carbocycles. The summed E-state index contributed by atoms with van der Waals surface area (Å²) in [6.45, 7) is 0. The van der Waals surface area contributed by atoms with Crippen molar-refractivity contribution in [1.82, 2.24) is 0 Å². The number of nitro groups is 1. The number of nitrogen functional groups attached to an aromatic ring is 1. The maximum absolute atomic E-state index is 10.5. The van der Waals surface area contributed by atoms with E-state index in [9.17, 15) is 10.1 Å². The standard InChI is InChI=1S/C13H11N3O3.ClH/c14-13(15)11-3-1-2-4-12(11)19-10-7-5-9(6-8-10)16(17)18;/h1-8H,(H3,14,15);1H. The van der Waals surface area contributed by atoms with Crippen LogP contribution in [0.25, 0.3) is 0 Å². The third-order valence-corrected chi connectivity index (χ3v) is 2.45. The van der Waals surface area contributed by atoms with Crippen molar-refractivity contribution in [3.05, 3.63) is 64.2 Å². The number of rotatable bonds is 4. The van der Waals surface area contributed by atoms with Gasteiger partial charge in [0.05, 0.1) is 10.5 Å². The van der Waals surface area contributed by atoms with Crippen LogP contribution in [-0.2, 0) is 0 Å². The lowest BCUT2D eigenvalue weighted by atomic mass is 10.2. The van der Waals surface area contributed by atoms with Crippen LogP contribution in [0.2, 0.25) is 0 Å². The number of amidine groups is 1. The Labute approximate surface area is 121 Å². The first kappa shape index (κ1) is 15.5. The maximum atomic E-state index is 10.5. The Morgan fingerprint density at radius 1 is 1.15 bits per heavy atom. The van der Waals surface area contributed by atoms with E-state index in [1.165, 1.54) is 24.3 Å². The highest BCUT2D eigenvalue weighted by atomic mass is 35.5. The lowest BCUT2D eigenvalue weighted by molar-refractivity contribution is -0.384. The molecule has 20 heavy (non-hydrogen) atoms. The number of nitro benzene ring substituents is 1. The molecule has 0 aromatic heterocycles. The molecule has 0 spiro atoms. The van der Waals surface area contributed by atoms with Crippen LogP contribution in [0.3, 0.4) is 0 Å². The second-order valence-electron chi connectivity index (χ2n) is 3.76. The number of hydrogen-bond donors (Lipinski definition) is 2. The summed E-state index contributed by atoms with van der Waals surface area (Å²) in [6.07, 6.45) is 0. The Kier molecular flexibility index (Phi) is 5.05. The number of non-ortho nitro benzene ring substituents is 1. The summed E-state index contributed by atoms with van der Waals surface area (Å²) in [5.74, 6) is 0.778. The van der Waals surface area contributed by atoms with Crippen LogP contribution in [0.1, 0.15) is 5.56 Å². The van der Waals surface area contributed by atoms with Gasteiger partial charge in [0, 0.05) is 12.1 Å². The first-order valence-corrected chi connectivity index (χ1v) is 5.43. The molecule has 104 valence electrons. The van der Waals surface area contributed by atoms with Gasteiger partial charge in [-0.15, -0.1) is 12.4 Å². The molecule has 0 aliphatic rings. The van der Waals surface area contributed by atoms with Crippen molar-refractivity contribution in [1.29, 1.82) is 5.41 Å². The Bertz CT molecular complexity index is 629. The summed E-state index contributed by atoms with van der Waals surface area (Å²) in [4.78, 5) is 10.1. The molecule has 0 saturated carbocycles. The third-order valence-electron chi connectivity index (χ3n) is 2.45. The Balaban J connectivity index is 0.00000200. The average Bonchev–Trinajstić information content (AvgIpc) is 2.39. The number of nitrogens with one attached hydrogen (secondary N) is 1. The molecule has 0 unspecified atom stereocenters. The minimum Gasteiger partial charge on any atom is -0.457 e. The van der Waals surface area contributed by atoms with Crippen LogP contribution >= 0.6 is 12.4 Å². The second kappa shape index (κ2) is 6.53. The van der Waals surface area contributed by atoms with Crippen molar-refractivity contribution in [2.45, 2.75) is 0 Å². The highest BCUT2D eigenvalue weighted by molar-refractivity contribution is 5.97. The van der Waals surface area contributed by atoms with Crippen molar-refractivity contribution in [2.75, 3.05) is 0 Å². The van der Waals surface area contributed by atoms with Crippen molar-refractivity contribution in [3.63, 3.8) is 0 Å². The zero-order valence-electron chi connectivity index (χ0n) is 10.3. The molecule has 0 aliphatic carbocycles. The zero-order chi connectivity index (χ0) is 13.8. The molecule has 0 atom stereocenters. The Morgan fingerprint density at radius 2 is 1.75 bits per heavy atom. The number of nitrogens with two attached hydrogens (primary N) is 1. The quantitative estimate of drug-likeness (QED) is 0.391. The van der Waals surface area contributed by atoms with Crippen LogP contribution in [0, 0.1) is 15.5 Å². The molecule has 6 nitrogen and oxygen atoms in total. The molecular formula is C13H12ClN3O3. The van der Waals surface area contributed by atoms with Gasteiger partial charge in [0.1, 0.15) is 17.3 Å². The van der Waals surface area contributed by atoms with Gasteiger partial charge in [-0.05, 0) is 24.3 Å². The van der Waals surface area contributed by atoms with E-state index in [2.05, 4.69) is 0 Å². The largest absolute Gasteiger partial charge is 0.457 e. The van der Waals surface area contributed by atoms with E-state index < -0.39 is 4.92 Å². The van der Waals surface area contributed by atoms with Crippen molar-refractivity contribution < 1.29 is 9.66 Å². The van der Waals surface area contributed by atoms with E-state index >= 15 is 0 Å². The Morgan fingerprint density at radius 3 is 2.30 bits per heavy atom. The molecule has 0 saturated heterocycles. The third kappa shape index (κ3) is 3.46. The maximum Gasteiger partial charge on any atom is 0.269 e. The van der Waals surface area contributed by atoms with Gasteiger partial charge in [0.25, 0.3) is 5.69 Å². The highest BCUT2D eigenvalue weighted by Crippen LogP contribution is 2.26. The second-order valence-corrected chi connectivity index (χ2v) is 3.76. The minimum absolute atomic E-state index is 0. The van der Waals surface area contributed by atoms with Crippen molar-refractivity contribution >= 4 is 23.9 Å². The summed E-state index contributed by atoms with van der Waals surface area (Å²) in [6, 6.07) is 12.6. The Hall–Kier alpha value is -2.60. The van der Waals surface area contributed by atoms with Gasteiger partial charge in [-0.2, -0.15) is 0 Å². The first-order valence-electron chi connectivity index (χ1n) is 5.43. The number of halogens is 1. The van der Waals surface area contributed by atoms with Gasteiger partial charge in [-0.1, -0.05) is 12.1 Å². The van der Waals surface area contributed by atoms with Gasteiger partial charge in [0.2, 0.25) is 0 Å². The van der Waals surface area contributed by atoms with Crippen LogP contribution in [0.15, 0.2) is 48.5 Å². The monoisotopic (exact) mass is 293 g/mol. The number of para-hydroxylation sites is 1. The molecule has 7 heteroatoms. The smallest absolute Gasteiger partial charge is 0.269 e. The molecular weight excluding hydrogens is 282 g/mol. The topological polar surface area (TPSA) is 102 Å². The first-order chi connectivity index (χ1) is 9.08. The van der Waals surface area contributed by atoms with Gasteiger partial charge in [-0.25, -0.2) is 0 Å². The molecule has 0 amide bonds. The number of benzene rings is 2. The molecule has 0 fully saturated rings.